The predicted molar refractivity (Wildman–Crippen MR) is 63.5 cm³/mol. The van der Waals surface area contributed by atoms with E-state index in [2.05, 4.69) is 24.1 Å². The number of aromatic nitrogens is 1. The Labute approximate surface area is 95.7 Å². The fourth-order valence-corrected chi connectivity index (χ4v) is 1.78. The van der Waals surface area contributed by atoms with Gasteiger partial charge in [0.1, 0.15) is 0 Å². The highest BCUT2D eigenvalue weighted by Crippen LogP contribution is 2.17. The number of anilines is 1. The average Bonchev–Trinajstić information content (AvgIpc) is 2.30. The molecule has 1 saturated heterocycles. The molecule has 0 aromatic carbocycles. The van der Waals surface area contributed by atoms with Gasteiger partial charge in [0.25, 0.3) is 0 Å². The summed E-state index contributed by atoms with van der Waals surface area (Å²) in [4.78, 5) is 17.8. The quantitative estimate of drug-likeness (QED) is 0.811. The molecule has 0 aliphatic carbocycles. The van der Waals surface area contributed by atoms with E-state index in [0.29, 0.717) is 12.5 Å². The Balaban J connectivity index is 2.17. The molecule has 1 aromatic heterocycles. The highest BCUT2D eigenvalue weighted by atomic mass is 16.2. The number of hydrogen-bond donors (Lipinski definition) is 1. The summed E-state index contributed by atoms with van der Waals surface area (Å²) < 4.78 is 0. The highest BCUT2D eigenvalue weighted by molar-refractivity contribution is 5.95. The molecule has 1 amide bonds. The lowest BCUT2D eigenvalue weighted by Crippen LogP contribution is -2.48. The van der Waals surface area contributed by atoms with Gasteiger partial charge in [0.2, 0.25) is 5.91 Å². The summed E-state index contributed by atoms with van der Waals surface area (Å²) >= 11 is 0. The maximum Gasteiger partial charge on any atom is 0.241 e. The van der Waals surface area contributed by atoms with Gasteiger partial charge in [-0.1, -0.05) is 13.8 Å². The second-order valence-corrected chi connectivity index (χ2v) is 4.32. The molecular weight excluding hydrogens is 202 g/mol. The van der Waals surface area contributed by atoms with Crippen molar-refractivity contribution in [2.75, 3.05) is 24.5 Å². The lowest BCUT2D eigenvalue weighted by molar-refractivity contribution is -0.118. The van der Waals surface area contributed by atoms with Gasteiger partial charge >= 0.3 is 0 Å². The second kappa shape index (κ2) is 4.61. The van der Waals surface area contributed by atoms with Crippen LogP contribution in [0.15, 0.2) is 18.3 Å². The van der Waals surface area contributed by atoms with Crippen LogP contribution in [0.1, 0.15) is 25.5 Å². The van der Waals surface area contributed by atoms with Crippen LogP contribution in [0.5, 0.6) is 0 Å². The molecule has 0 radical (unpaired) electrons. The van der Waals surface area contributed by atoms with Gasteiger partial charge in [-0.3, -0.25) is 9.78 Å². The Morgan fingerprint density at radius 2 is 2.25 bits per heavy atom. The Morgan fingerprint density at radius 3 is 2.81 bits per heavy atom. The maximum absolute atomic E-state index is 11.6. The lowest BCUT2D eigenvalue weighted by atomic mass is 10.1. The molecule has 0 spiro atoms. The summed E-state index contributed by atoms with van der Waals surface area (Å²) in [7, 11) is 0. The standard InChI is InChI=1S/C12H17N3O/c1-9(2)11-4-3-10(7-14-11)15-6-5-13-8-12(15)16/h3-4,7,9,13H,5-6,8H2,1-2H3. The van der Waals surface area contributed by atoms with E-state index in [-0.39, 0.29) is 5.91 Å². The average molecular weight is 219 g/mol. The molecule has 0 saturated carbocycles. The third-order valence-corrected chi connectivity index (χ3v) is 2.76. The number of hydrogen-bond acceptors (Lipinski definition) is 3. The van der Waals surface area contributed by atoms with Crippen LogP contribution in [0.4, 0.5) is 5.69 Å². The maximum atomic E-state index is 11.6. The van der Waals surface area contributed by atoms with Crippen molar-refractivity contribution >= 4 is 11.6 Å². The lowest BCUT2D eigenvalue weighted by Gasteiger charge is -2.27. The molecule has 4 nitrogen and oxygen atoms in total. The van der Waals surface area contributed by atoms with E-state index in [0.717, 1.165) is 24.5 Å². The molecule has 1 aliphatic rings. The van der Waals surface area contributed by atoms with E-state index in [4.69, 9.17) is 0 Å². The van der Waals surface area contributed by atoms with Crippen LogP contribution in [0.3, 0.4) is 0 Å². The van der Waals surface area contributed by atoms with Crippen LogP contribution in [0, 0.1) is 0 Å². The van der Waals surface area contributed by atoms with E-state index in [1.54, 1.807) is 11.1 Å². The zero-order chi connectivity index (χ0) is 11.5. The number of piperazine rings is 1. The molecule has 1 N–H and O–H groups in total. The normalized spacial score (nSPS) is 16.9. The van der Waals surface area contributed by atoms with Crippen LogP contribution in [-0.2, 0) is 4.79 Å². The molecule has 86 valence electrons. The number of nitrogens with one attached hydrogen (secondary N) is 1. The number of nitrogens with zero attached hydrogens (tertiary/aromatic N) is 2. The van der Waals surface area contributed by atoms with E-state index >= 15 is 0 Å². The topological polar surface area (TPSA) is 45.2 Å². The molecule has 2 rings (SSSR count). The third kappa shape index (κ3) is 2.22. The van der Waals surface area contributed by atoms with Crippen LogP contribution in [0.25, 0.3) is 0 Å². The third-order valence-electron chi connectivity index (χ3n) is 2.76. The molecule has 16 heavy (non-hydrogen) atoms. The van der Waals surface area contributed by atoms with Crippen LogP contribution < -0.4 is 10.2 Å². The molecule has 1 aliphatic heterocycles. The summed E-state index contributed by atoms with van der Waals surface area (Å²) in [6.07, 6.45) is 1.79. The summed E-state index contributed by atoms with van der Waals surface area (Å²) in [5.41, 5.74) is 1.96. The van der Waals surface area contributed by atoms with Crippen molar-refractivity contribution < 1.29 is 4.79 Å². The molecule has 0 unspecified atom stereocenters. The van der Waals surface area contributed by atoms with Crippen LogP contribution in [-0.4, -0.2) is 30.5 Å². The van der Waals surface area contributed by atoms with E-state index < -0.39 is 0 Å². The van der Waals surface area contributed by atoms with Crippen molar-refractivity contribution in [2.24, 2.45) is 0 Å². The van der Waals surface area contributed by atoms with Crippen molar-refractivity contribution in [1.82, 2.24) is 10.3 Å². The minimum absolute atomic E-state index is 0.116. The summed E-state index contributed by atoms with van der Waals surface area (Å²) in [6, 6.07) is 3.97. The van der Waals surface area contributed by atoms with Crippen molar-refractivity contribution in [3.05, 3.63) is 24.0 Å². The van der Waals surface area contributed by atoms with Gasteiger partial charge in [0.15, 0.2) is 0 Å². The second-order valence-electron chi connectivity index (χ2n) is 4.32. The van der Waals surface area contributed by atoms with Gasteiger partial charge in [-0.15, -0.1) is 0 Å². The van der Waals surface area contributed by atoms with Crippen molar-refractivity contribution in [1.29, 1.82) is 0 Å². The number of pyridine rings is 1. The molecule has 1 aromatic rings. The minimum atomic E-state index is 0.116. The van der Waals surface area contributed by atoms with Crippen LogP contribution in [0.2, 0.25) is 0 Å². The first kappa shape index (κ1) is 11.1. The largest absolute Gasteiger partial charge is 0.309 e. The van der Waals surface area contributed by atoms with Gasteiger partial charge in [-0.05, 0) is 18.1 Å². The van der Waals surface area contributed by atoms with Gasteiger partial charge in [0.05, 0.1) is 18.4 Å². The monoisotopic (exact) mass is 219 g/mol. The number of amides is 1. The highest BCUT2D eigenvalue weighted by Gasteiger charge is 2.19. The van der Waals surface area contributed by atoms with Crippen molar-refractivity contribution in [3.8, 4) is 0 Å². The van der Waals surface area contributed by atoms with Gasteiger partial charge in [-0.2, -0.15) is 0 Å². The Bertz CT molecular complexity index is 372. The zero-order valence-corrected chi connectivity index (χ0v) is 9.73. The smallest absolute Gasteiger partial charge is 0.241 e. The number of carbonyl (C=O) groups is 1. The minimum Gasteiger partial charge on any atom is -0.309 e. The SMILES string of the molecule is CC(C)c1ccc(N2CCNCC2=O)cn1. The molecule has 1 fully saturated rings. The Morgan fingerprint density at radius 1 is 1.44 bits per heavy atom. The Hall–Kier alpha value is -1.42. The first-order chi connectivity index (χ1) is 7.68. The fraction of sp³-hybridized carbons (Fsp3) is 0.500. The van der Waals surface area contributed by atoms with Crippen molar-refractivity contribution in [2.45, 2.75) is 19.8 Å². The number of rotatable bonds is 2. The van der Waals surface area contributed by atoms with Crippen molar-refractivity contribution in [3.63, 3.8) is 0 Å². The summed E-state index contributed by atoms with van der Waals surface area (Å²) in [6.45, 7) is 6.21. The Kier molecular flexibility index (Phi) is 3.19. The predicted octanol–water partition coefficient (Wildman–Crippen LogP) is 1.14. The number of carbonyl (C=O) groups excluding carboxylic acids is 1. The van der Waals surface area contributed by atoms with Gasteiger partial charge in [-0.25, -0.2) is 0 Å². The first-order valence-electron chi connectivity index (χ1n) is 5.65. The molecule has 2 heterocycles. The fourth-order valence-electron chi connectivity index (χ4n) is 1.78. The molecule has 0 atom stereocenters. The zero-order valence-electron chi connectivity index (χ0n) is 9.73. The summed E-state index contributed by atoms with van der Waals surface area (Å²) in [5.74, 6) is 0.540. The van der Waals surface area contributed by atoms with Gasteiger partial charge in [0, 0.05) is 18.8 Å². The van der Waals surface area contributed by atoms with E-state index in [9.17, 15) is 4.79 Å². The molecule has 4 heteroatoms. The van der Waals surface area contributed by atoms with Gasteiger partial charge < -0.3 is 10.2 Å². The van der Waals surface area contributed by atoms with E-state index in [1.807, 2.05) is 12.1 Å². The molecular formula is C12H17N3O. The summed E-state index contributed by atoms with van der Waals surface area (Å²) in [5, 5.41) is 3.05. The van der Waals surface area contributed by atoms with E-state index in [1.165, 1.54) is 0 Å². The van der Waals surface area contributed by atoms with Crippen LogP contribution >= 0.6 is 0 Å². The first-order valence-corrected chi connectivity index (χ1v) is 5.65. The molecule has 0 bridgehead atoms.